The Labute approximate surface area is 493 Å². The van der Waals surface area contributed by atoms with Crippen LogP contribution in [0.25, 0.3) is 0 Å². The zero-order valence-corrected chi connectivity index (χ0v) is 49.8. The number of amides is 4. The molecule has 0 spiro atoms. The van der Waals surface area contributed by atoms with Crippen LogP contribution in [0.2, 0.25) is 0 Å². The first-order valence-electron chi connectivity index (χ1n) is 30.2. The van der Waals surface area contributed by atoms with Gasteiger partial charge in [0.05, 0.1) is 80.6 Å². The van der Waals surface area contributed by atoms with E-state index in [-0.39, 0.29) is 135 Å². The maximum atomic E-state index is 14.2. The van der Waals surface area contributed by atoms with Gasteiger partial charge in [-0.3, -0.25) is 43.3 Å². The smallest absolute Gasteiger partial charge is 0.239 e. The molecule has 7 unspecified atom stereocenters. The molecule has 0 aromatic carbocycles. The minimum absolute atomic E-state index is 0.00923. The zero-order valence-electron chi connectivity index (χ0n) is 49.8. The minimum atomic E-state index is -1.34. The van der Waals surface area contributed by atoms with Gasteiger partial charge in [-0.2, -0.15) is 0 Å². The van der Waals surface area contributed by atoms with Gasteiger partial charge in [0.25, 0.3) is 0 Å². The third-order valence-electron chi connectivity index (χ3n) is 16.7. The summed E-state index contributed by atoms with van der Waals surface area (Å²) in [4.78, 5) is 108. The number of Topliss-reactive ketones (excluding diaryl/α,β-unsaturated/α-hetero) is 4. The molecule has 0 heterocycles. The number of carbonyl (C=O) groups excluding carboxylic acids is 8. The maximum Gasteiger partial charge on any atom is 0.239 e. The number of carbonyl (C=O) groups is 8. The number of ketones is 4. The lowest BCUT2D eigenvalue weighted by Gasteiger charge is -2.40. The lowest BCUT2D eigenvalue weighted by Crippen LogP contribution is -2.52. The highest BCUT2D eigenvalue weighted by molar-refractivity contribution is 5.92. The van der Waals surface area contributed by atoms with Crippen molar-refractivity contribution in [1.82, 2.24) is 26.2 Å². The van der Waals surface area contributed by atoms with Crippen molar-refractivity contribution in [1.29, 1.82) is 0 Å². The molecule has 484 valence electrons. The molecule has 0 aromatic rings. The van der Waals surface area contributed by atoms with E-state index in [0.29, 0.717) is 51.6 Å². The van der Waals surface area contributed by atoms with E-state index < -0.39 is 151 Å². The quantitative estimate of drug-likeness (QED) is 0.0287. The summed E-state index contributed by atoms with van der Waals surface area (Å²) in [5.41, 5.74) is 0. The summed E-state index contributed by atoms with van der Waals surface area (Å²) in [6, 6.07) is -1.34. The lowest BCUT2D eigenvalue weighted by atomic mass is 9.77. The zero-order chi connectivity index (χ0) is 62.3. The molecule has 0 aliphatic heterocycles. The Hall–Kier alpha value is -4.00. The Balaban J connectivity index is 1.67. The van der Waals surface area contributed by atoms with E-state index in [1.54, 1.807) is 20.8 Å². The van der Waals surface area contributed by atoms with Gasteiger partial charge >= 0.3 is 0 Å². The van der Waals surface area contributed by atoms with Crippen molar-refractivity contribution in [3.63, 3.8) is 0 Å². The van der Waals surface area contributed by atoms with E-state index in [9.17, 15) is 84.3 Å². The SMILES string of the molecule is COCCCC(=O)CCCC(=O)CCC(C(=O)NCC(=O)NCCCO[C@@H]1CC(CO)[C@H](O)[C@H](O)C1C)N(CC(=O)CCC(=O)NCCCO[C@@H]1CC(CO)[C@H](O)[C@H](O)C1C)CC(=O)CCC(=O)NCCCO[C@@H]1CC(CO)[C@H](O)[C@H](O)C1C. The molecule has 0 saturated heterocycles. The van der Waals surface area contributed by atoms with Gasteiger partial charge in [0.1, 0.15) is 23.1 Å². The number of rotatable bonds is 43. The molecule has 4 amide bonds. The summed E-state index contributed by atoms with van der Waals surface area (Å²) >= 11 is 0. The average Bonchev–Trinajstić information content (AvgIpc) is 3.36. The van der Waals surface area contributed by atoms with Gasteiger partial charge in [-0.25, -0.2) is 0 Å². The minimum Gasteiger partial charge on any atom is -0.396 e. The molecule has 26 heteroatoms. The number of aliphatic hydroxyl groups is 9. The summed E-state index contributed by atoms with van der Waals surface area (Å²) in [5.74, 6) is -6.59. The second-order valence-electron chi connectivity index (χ2n) is 23.2. The first kappa shape index (κ1) is 74.3. The van der Waals surface area contributed by atoms with Crippen LogP contribution >= 0.6 is 0 Å². The molecule has 84 heavy (non-hydrogen) atoms. The average molecular weight is 1200 g/mol. The summed E-state index contributed by atoms with van der Waals surface area (Å²) in [7, 11) is 1.53. The van der Waals surface area contributed by atoms with E-state index in [1.807, 2.05) is 0 Å². The first-order valence-corrected chi connectivity index (χ1v) is 30.2. The number of aliphatic hydroxyl groups excluding tert-OH is 9. The van der Waals surface area contributed by atoms with Gasteiger partial charge in [-0.1, -0.05) is 20.8 Å². The molecule has 13 N–H and O–H groups in total. The number of nitrogens with one attached hydrogen (secondary N) is 4. The second-order valence-corrected chi connectivity index (χ2v) is 23.2. The van der Waals surface area contributed by atoms with Crippen LogP contribution in [0.4, 0.5) is 0 Å². The van der Waals surface area contributed by atoms with Crippen LogP contribution in [0.5, 0.6) is 0 Å². The Bertz CT molecular complexity index is 1920. The number of methoxy groups -OCH3 is 1. The van der Waals surface area contributed by atoms with E-state index in [0.717, 1.165) is 0 Å². The highest BCUT2D eigenvalue weighted by Crippen LogP contribution is 2.34. The molecule has 3 fully saturated rings. The fraction of sp³-hybridized carbons (Fsp3) is 0.862. The Kier molecular flexibility index (Phi) is 35.8. The molecule has 16 atom stereocenters. The van der Waals surface area contributed by atoms with Crippen molar-refractivity contribution >= 4 is 46.8 Å². The molecule has 26 nitrogen and oxygen atoms in total. The highest BCUT2D eigenvalue weighted by atomic mass is 16.5. The predicted octanol–water partition coefficient (Wildman–Crippen LogP) is -2.23. The number of hydrogen-bond donors (Lipinski definition) is 13. The van der Waals surface area contributed by atoms with Gasteiger partial charge in [-0.05, 0) is 57.8 Å². The standard InChI is InChI=1S/C58H101N5O21/c1-35-46(26-38(32-64)55(77)52(35)74)82-23-7-19-59-49(71)17-14-43(69)30-63(31-44(70)15-18-50(72)60-20-8-24-83-47-27-39(33-65)56(78)53(75)36(47)2)45(16-13-42(68)11-5-10-41(67)12-6-22-81-4)58(80)62-29-51(73)61-21-9-25-84-48-28-40(34-66)57(79)54(76)37(48)3/h35-40,45-48,52-57,64-66,74-79H,5-34H2,1-4H3,(H,59,71)(H,60,72)(H,61,73)(H,62,80)/t35?,36?,37?,38?,39?,40?,45?,46-,47-,48-,52-,53-,54-,55+,56+,57+/m1/s1. The van der Waals surface area contributed by atoms with Crippen LogP contribution in [0, 0.1) is 35.5 Å². The molecule has 3 aliphatic rings. The van der Waals surface area contributed by atoms with Crippen molar-refractivity contribution in [2.75, 3.05) is 92.6 Å². The lowest BCUT2D eigenvalue weighted by molar-refractivity contribution is -0.144. The van der Waals surface area contributed by atoms with Gasteiger partial charge in [0, 0.05) is 160 Å². The fourth-order valence-corrected chi connectivity index (χ4v) is 11.0. The summed E-state index contributed by atoms with van der Waals surface area (Å²) in [6.45, 7) is 4.10. The van der Waals surface area contributed by atoms with Gasteiger partial charge in [-0.15, -0.1) is 0 Å². The van der Waals surface area contributed by atoms with Crippen LogP contribution in [0.15, 0.2) is 0 Å². The Morgan fingerprint density at radius 3 is 1.19 bits per heavy atom. The summed E-state index contributed by atoms with van der Waals surface area (Å²) in [5, 5.41) is 102. The summed E-state index contributed by atoms with van der Waals surface area (Å²) < 4.78 is 22.8. The van der Waals surface area contributed by atoms with Crippen LogP contribution in [-0.4, -0.2) is 251 Å². The fourth-order valence-electron chi connectivity index (χ4n) is 11.0. The van der Waals surface area contributed by atoms with Gasteiger partial charge in [0.15, 0.2) is 0 Å². The third-order valence-corrected chi connectivity index (χ3v) is 16.7. The van der Waals surface area contributed by atoms with E-state index in [1.165, 1.54) is 12.0 Å². The van der Waals surface area contributed by atoms with Crippen molar-refractivity contribution < 1.29 is 103 Å². The maximum absolute atomic E-state index is 14.2. The van der Waals surface area contributed by atoms with Crippen molar-refractivity contribution in [3.05, 3.63) is 0 Å². The molecule has 0 aromatic heterocycles. The molecule has 0 bridgehead atoms. The number of nitrogens with zero attached hydrogens (tertiary/aromatic N) is 1. The predicted molar refractivity (Wildman–Crippen MR) is 302 cm³/mol. The van der Waals surface area contributed by atoms with Crippen LogP contribution in [-0.2, 0) is 57.3 Å². The van der Waals surface area contributed by atoms with Crippen LogP contribution in [0.3, 0.4) is 0 Å². The molecule has 3 saturated carbocycles. The van der Waals surface area contributed by atoms with E-state index in [4.69, 9.17) is 18.9 Å². The Morgan fingerprint density at radius 2 is 0.810 bits per heavy atom. The third kappa shape index (κ3) is 26.1. The summed E-state index contributed by atoms with van der Waals surface area (Å²) in [6.07, 6.45) is -6.00. The van der Waals surface area contributed by atoms with Crippen molar-refractivity contribution in [2.45, 2.75) is 191 Å². The van der Waals surface area contributed by atoms with Crippen molar-refractivity contribution in [3.8, 4) is 0 Å². The molecular weight excluding hydrogens is 1100 g/mol. The topological polar surface area (TPSA) is 407 Å². The first-order chi connectivity index (χ1) is 40.1. The van der Waals surface area contributed by atoms with E-state index in [2.05, 4.69) is 21.3 Å². The van der Waals surface area contributed by atoms with Crippen molar-refractivity contribution in [2.24, 2.45) is 35.5 Å². The van der Waals surface area contributed by atoms with Crippen LogP contribution < -0.4 is 21.3 Å². The molecular formula is C58H101N5O21. The van der Waals surface area contributed by atoms with E-state index >= 15 is 0 Å². The normalized spacial score (nSPS) is 28.3. The van der Waals surface area contributed by atoms with Gasteiger partial charge in [0.2, 0.25) is 23.6 Å². The Morgan fingerprint density at radius 1 is 0.440 bits per heavy atom. The largest absolute Gasteiger partial charge is 0.396 e. The highest BCUT2D eigenvalue weighted by Gasteiger charge is 2.44. The number of ether oxygens (including phenoxy) is 4. The second kappa shape index (κ2) is 40.5. The number of hydrogen-bond acceptors (Lipinski definition) is 22. The van der Waals surface area contributed by atoms with Gasteiger partial charge < -0.3 is 86.2 Å². The van der Waals surface area contributed by atoms with Crippen LogP contribution in [0.1, 0.15) is 130 Å². The monoisotopic (exact) mass is 1200 g/mol. The molecule has 0 radical (unpaired) electrons. The molecule has 3 aliphatic carbocycles. The molecule has 3 rings (SSSR count).